The van der Waals surface area contributed by atoms with Crippen LogP contribution in [0.1, 0.15) is 29.1 Å². The molecule has 204 valence electrons. The third-order valence-electron chi connectivity index (χ3n) is 6.01. The lowest BCUT2D eigenvalue weighted by Gasteiger charge is -2.14. The molecule has 5 aromatic rings. The number of fused-ring (bicyclic) bond motifs is 1. The van der Waals surface area contributed by atoms with Gasteiger partial charge in [-0.1, -0.05) is 41.9 Å². The first-order chi connectivity index (χ1) is 19.2. The fourth-order valence-corrected chi connectivity index (χ4v) is 4.14. The molecule has 0 bridgehead atoms. The Hall–Kier alpha value is -4.51. The molecule has 8 nitrogen and oxygen atoms in total. The Balaban J connectivity index is 1.32. The summed E-state index contributed by atoms with van der Waals surface area (Å²) < 4.78 is 52.1. The molecule has 0 N–H and O–H groups in total. The summed E-state index contributed by atoms with van der Waals surface area (Å²) in [6.07, 6.45) is -4.96. The number of hydrogen-bond acceptors (Lipinski definition) is 7. The number of aromatic nitrogens is 4. The maximum atomic E-state index is 13.4. The van der Waals surface area contributed by atoms with Crippen molar-refractivity contribution in [3.8, 4) is 11.5 Å². The van der Waals surface area contributed by atoms with Crippen LogP contribution in [0.15, 0.2) is 82.0 Å². The average molecular weight is 569 g/mol. The third kappa shape index (κ3) is 6.20. The summed E-state index contributed by atoms with van der Waals surface area (Å²) in [6, 6.07) is 18.8. The van der Waals surface area contributed by atoms with Crippen LogP contribution in [0.25, 0.3) is 22.5 Å². The number of esters is 1. The van der Waals surface area contributed by atoms with Gasteiger partial charge in [-0.25, -0.2) is 4.98 Å². The Morgan fingerprint density at radius 3 is 2.48 bits per heavy atom. The number of benzene rings is 3. The highest BCUT2D eigenvalue weighted by molar-refractivity contribution is 6.30. The van der Waals surface area contributed by atoms with Crippen molar-refractivity contribution >= 4 is 28.6 Å². The van der Waals surface area contributed by atoms with Crippen LogP contribution in [0.5, 0.6) is 0 Å². The van der Waals surface area contributed by atoms with Crippen molar-refractivity contribution in [2.24, 2.45) is 0 Å². The molecule has 2 heterocycles. The zero-order valence-corrected chi connectivity index (χ0v) is 21.4. The van der Waals surface area contributed by atoms with E-state index in [0.717, 1.165) is 17.7 Å². The number of carbonyl (C=O) groups is 1. The smallest absolute Gasteiger partial charge is 0.416 e. The minimum atomic E-state index is -4.58. The third-order valence-corrected chi connectivity index (χ3v) is 6.26. The van der Waals surface area contributed by atoms with Gasteiger partial charge in [-0.3, -0.25) is 9.59 Å². The fourth-order valence-electron chi connectivity index (χ4n) is 4.02. The molecule has 12 heteroatoms. The van der Waals surface area contributed by atoms with Gasteiger partial charge in [0.25, 0.3) is 11.4 Å². The number of hydrogen-bond donors (Lipinski definition) is 0. The lowest BCUT2D eigenvalue weighted by molar-refractivity contribution is -0.145. The van der Waals surface area contributed by atoms with E-state index in [-0.39, 0.29) is 54.5 Å². The second-order valence-corrected chi connectivity index (χ2v) is 9.24. The first-order valence-corrected chi connectivity index (χ1v) is 12.4. The first-order valence-electron chi connectivity index (χ1n) is 12.1. The molecule has 2 aromatic heterocycles. The van der Waals surface area contributed by atoms with Gasteiger partial charge >= 0.3 is 12.1 Å². The minimum Gasteiger partial charge on any atom is -0.456 e. The Bertz CT molecular complexity index is 1720. The SMILES string of the molecule is O=C(CCc1nc2cc(C(F)(F)F)ccc2n(Cc2ccccc2)c1=O)OCc1nnc(-c2ccc(Cl)cc2)o1. The van der Waals surface area contributed by atoms with Crippen molar-refractivity contribution in [1.82, 2.24) is 19.7 Å². The van der Waals surface area contributed by atoms with Crippen molar-refractivity contribution < 1.29 is 27.1 Å². The van der Waals surface area contributed by atoms with Gasteiger partial charge in [0.15, 0.2) is 6.61 Å². The number of ether oxygens (including phenoxy) is 1. The summed E-state index contributed by atoms with van der Waals surface area (Å²) >= 11 is 5.88. The van der Waals surface area contributed by atoms with Crippen molar-refractivity contribution in [1.29, 1.82) is 0 Å². The minimum absolute atomic E-state index is 0.00527. The summed E-state index contributed by atoms with van der Waals surface area (Å²) in [7, 11) is 0. The average Bonchev–Trinajstić information content (AvgIpc) is 3.42. The highest BCUT2D eigenvalue weighted by Crippen LogP contribution is 2.31. The van der Waals surface area contributed by atoms with Crippen LogP contribution in [0.2, 0.25) is 5.02 Å². The van der Waals surface area contributed by atoms with E-state index in [1.807, 2.05) is 6.07 Å². The van der Waals surface area contributed by atoms with E-state index >= 15 is 0 Å². The fraction of sp³-hybridized carbons (Fsp3) is 0.179. The Kier molecular flexibility index (Phi) is 7.65. The number of nitrogens with zero attached hydrogens (tertiary/aromatic N) is 4. The molecule has 0 fully saturated rings. The van der Waals surface area contributed by atoms with Crippen molar-refractivity contribution in [2.75, 3.05) is 0 Å². The predicted molar refractivity (Wildman–Crippen MR) is 139 cm³/mol. The Morgan fingerprint density at radius 1 is 1.00 bits per heavy atom. The van der Waals surface area contributed by atoms with Gasteiger partial charge in [-0.2, -0.15) is 13.2 Å². The zero-order chi connectivity index (χ0) is 28.3. The summed E-state index contributed by atoms with van der Waals surface area (Å²) in [5, 5.41) is 8.31. The molecule has 0 aliphatic rings. The standard InChI is InChI=1S/C28H20ClF3N4O4/c29-20-9-6-18(7-10-20)26-35-34-24(40-26)16-39-25(37)13-11-21-27(38)36(15-17-4-2-1-3-5-17)23-12-8-19(28(30,31)32)14-22(23)33-21/h1-10,12,14H,11,13,15-16H2. The molecule has 0 amide bonds. The highest BCUT2D eigenvalue weighted by Gasteiger charge is 2.31. The largest absolute Gasteiger partial charge is 0.456 e. The summed E-state index contributed by atoms with van der Waals surface area (Å²) in [4.78, 5) is 29.9. The van der Waals surface area contributed by atoms with Crippen LogP contribution in [0, 0.1) is 0 Å². The van der Waals surface area contributed by atoms with Crippen LogP contribution >= 0.6 is 11.6 Å². The number of carbonyl (C=O) groups excluding carboxylic acids is 1. The van der Waals surface area contributed by atoms with Crippen LogP contribution < -0.4 is 5.56 Å². The van der Waals surface area contributed by atoms with E-state index < -0.39 is 23.3 Å². The van der Waals surface area contributed by atoms with E-state index in [9.17, 15) is 22.8 Å². The van der Waals surface area contributed by atoms with E-state index in [4.69, 9.17) is 20.8 Å². The molecule has 5 rings (SSSR count). The van der Waals surface area contributed by atoms with Crippen LogP contribution in [0.3, 0.4) is 0 Å². The van der Waals surface area contributed by atoms with Gasteiger partial charge in [-0.15, -0.1) is 10.2 Å². The molecule has 3 aromatic carbocycles. The number of aryl methyl sites for hydroxylation is 1. The molecule has 0 radical (unpaired) electrons. The molecule has 0 unspecified atom stereocenters. The quantitative estimate of drug-likeness (QED) is 0.217. The highest BCUT2D eigenvalue weighted by atomic mass is 35.5. The molecule has 0 saturated carbocycles. The zero-order valence-electron chi connectivity index (χ0n) is 20.7. The second kappa shape index (κ2) is 11.3. The maximum Gasteiger partial charge on any atom is 0.416 e. The maximum absolute atomic E-state index is 13.4. The van der Waals surface area contributed by atoms with Crippen molar-refractivity contribution in [3.63, 3.8) is 0 Å². The molecule has 0 aliphatic heterocycles. The van der Waals surface area contributed by atoms with Crippen molar-refractivity contribution in [2.45, 2.75) is 32.2 Å². The Morgan fingerprint density at radius 2 is 1.75 bits per heavy atom. The molecular weight excluding hydrogens is 549 g/mol. The van der Waals surface area contributed by atoms with E-state index in [1.54, 1.807) is 48.5 Å². The van der Waals surface area contributed by atoms with Gasteiger partial charge in [-0.05, 0) is 48.0 Å². The second-order valence-electron chi connectivity index (χ2n) is 8.81. The van der Waals surface area contributed by atoms with Gasteiger partial charge in [0, 0.05) is 17.0 Å². The number of alkyl halides is 3. The molecule has 0 saturated heterocycles. The number of rotatable bonds is 8. The number of halogens is 4. The monoisotopic (exact) mass is 568 g/mol. The summed E-state index contributed by atoms with van der Waals surface area (Å²) in [5.74, 6) is -0.390. The molecule has 0 spiro atoms. The van der Waals surface area contributed by atoms with Gasteiger partial charge in [0.2, 0.25) is 5.89 Å². The van der Waals surface area contributed by atoms with Gasteiger partial charge in [0.05, 0.1) is 29.6 Å². The van der Waals surface area contributed by atoms with E-state index in [1.165, 1.54) is 10.6 Å². The topological polar surface area (TPSA) is 100 Å². The first kappa shape index (κ1) is 27.1. The summed E-state index contributed by atoms with van der Waals surface area (Å²) in [5.41, 5.74) is 0.212. The van der Waals surface area contributed by atoms with Crippen LogP contribution in [0.4, 0.5) is 13.2 Å². The van der Waals surface area contributed by atoms with E-state index in [2.05, 4.69) is 15.2 Å². The lowest BCUT2D eigenvalue weighted by atomic mass is 10.1. The van der Waals surface area contributed by atoms with Crippen molar-refractivity contribution in [3.05, 3.63) is 111 Å². The van der Waals surface area contributed by atoms with E-state index in [0.29, 0.717) is 10.6 Å². The Labute approximate surface area is 230 Å². The lowest BCUT2D eigenvalue weighted by Crippen LogP contribution is -2.27. The van der Waals surface area contributed by atoms with Crippen LogP contribution in [-0.4, -0.2) is 25.7 Å². The van der Waals surface area contributed by atoms with Gasteiger partial charge in [0.1, 0.15) is 5.69 Å². The normalized spacial score (nSPS) is 11.6. The van der Waals surface area contributed by atoms with Gasteiger partial charge < -0.3 is 13.7 Å². The predicted octanol–water partition coefficient (Wildman–Crippen LogP) is 5.84. The molecular formula is C28H20ClF3N4O4. The molecule has 40 heavy (non-hydrogen) atoms. The van der Waals surface area contributed by atoms with Crippen LogP contribution in [-0.2, 0) is 35.3 Å². The molecule has 0 atom stereocenters. The summed E-state index contributed by atoms with van der Waals surface area (Å²) in [6.45, 7) is -0.174. The molecule has 0 aliphatic carbocycles.